The van der Waals surface area contributed by atoms with Crippen molar-refractivity contribution in [2.24, 2.45) is 5.92 Å². The molecule has 0 aliphatic carbocycles. The number of nitrogens with zero attached hydrogens (tertiary/aromatic N) is 1. The molecule has 1 amide bonds. The Morgan fingerprint density at radius 1 is 1.50 bits per heavy atom. The van der Waals surface area contributed by atoms with Crippen LogP contribution in [0.15, 0.2) is 0 Å². The van der Waals surface area contributed by atoms with Gasteiger partial charge in [0.1, 0.15) is 0 Å². The van der Waals surface area contributed by atoms with Crippen LogP contribution in [0.2, 0.25) is 0 Å². The maximum Gasteiger partial charge on any atom is 0.407 e. The van der Waals surface area contributed by atoms with Gasteiger partial charge in [0, 0.05) is 13.0 Å². The molecule has 0 aromatic rings. The number of unbranched alkanes of at least 4 members (excludes halogenated alkanes) is 2. The van der Waals surface area contributed by atoms with E-state index in [-0.39, 0.29) is 6.09 Å². The summed E-state index contributed by atoms with van der Waals surface area (Å²) in [5.41, 5.74) is 0. The van der Waals surface area contributed by atoms with Gasteiger partial charge in [-0.05, 0) is 18.8 Å². The first-order valence-corrected chi connectivity index (χ1v) is 4.94. The monoisotopic (exact) mass is 198 g/mol. The smallest absolute Gasteiger partial charge is 0.407 e. The number of rotatable bonds is 6. The van der Waals surface area contributed by atoms with Crippen molar-refractivity contribution in [3.05, 3.63) is 0 Å². The third-order valence-electron chi connectivity index (χ3n) is 1.53. The molecule has 0 aromatic heterocycles. The number of ether oxygens (including phenoxy) is 1. The number of hydrogen-bond donors (Lipinski definition) is 1. The summed E-state index contributed by atoms with van der Waals surface area (Å²) in [6.07, 6.45) is 1.82. The molecule has 4 heteroatoms. The molecule has 0 aliphatic rings. The zero-order valence-electron chi connectivity index (χ0n) is 8.88. The van der Waals surface area contributed by atoms with Crippen LogP contribution in [0.1, 0.15) is 33.1 Å². The van der Waals surface area contributed by atoms with Gasteiger partial charge in [-0.2, -0.15) is 5.26 Å². The van der Waals surface area contributed by atoms with Crippen LogP contribution in [0, 0.1) is 17.2 Å². The Morgan fingerprint density at radius 2 is 2.21 bits per heavy atom. The lowest BCUT2D eigenvalue weighted by atomic mass is 10.2. The minimum Gasteiger partial charge on any atom is -0.449 e. The summed E-state index contributed by atoms with van der Waals surface area (Å²) < 4.78 is 4.89. The average molecular weight is 198 g/mol. The lowest BCUT2D eigenvalue weighted by Gasteiger charge is -2.07. The first kappa shape index (κ1) is 12.8. The molecule has 0 saturated carbocycles. The van der Waals surface area contributed by atoms with E-state index in [1.54, 1.807) is 0 Å². The van der Waals surface area contributed by atoms with Crippen LogP contribution in [-0.4, -0.2) is 19.2 Å². The first-order chi connectivity index (χ1) is 6.66. The lowest BCUT2D eigenvalue weighted by molar-refractivity contribution is 0.133. The Hall–Kier alpha value is -1.24. The van der Waals surface area contributed by atoms with E-state index in [1.165, 1.54) is 0 Å². The Balaban J connectivity index is 3.24. The second kappa shape index (κ2) is 8.36. The molecular weight excluding hydrogens is 180 g/mol. The Morgan fingerprint density at radius 3 is 2.79 bits per heavy atom. The van der Waals surface area contributed by atoms with Crippen molar-refractivity contribution in [1.29, 1.82) is 5.26 Å². The number of hydrogen-bond acceptors (Lipinski definition) is 3. The van der Waals surface area contributed by atoms with E-state index in [0.717, 1.165) is 12.8 Å². The van der Waals surface area contributed by atoms with Crippen LogP contribution in [0.25, 0.3) is 0 Å². The summed E-state index contributed by atoms with van der Waals surface area (Å²) >= 11 is 0. The maximum atomic E-state index is 11.0. The number of carbonyl (C=O) groups excluding carboxylic acids is 1. The van der Waals surface area contributed by atoms with Crippen LogP contribution in [0.4, 0.5) is 4.79 Å². The van der Waals surface area contributed by atoms with Gasteiger partial charge in [0.15, 0.2) is 0 Å². The minimum absolute atomic E-state index is 0.360. The SMILES string of the molecule is CC(C)COC(=O)NCCCCC#N. The number of nitrogens with one attached hydrogen (secondary N) is 1. The van der Waals surface area contributed by atoms with Gasteiger partial charge in [-0.1, -0.05) is 13.8 Å². The lowest BCUT2D eigenvalue weighted by Crippen LogP contribution is -2.26. The molecule has 0 saturated heterocycles. The highest BCUT2D eigenvalue weighted by Gasteiger charge is 2.01. The fraction of sp³-hybridized carbons (Fsp3) is 0.800. The number of alkyl carbamates (subject to hydrolysis) is 1. The third kappa shape index (κ3) is 8.85. The maximum absolute atomic E-state index is 11.0. The fourth-order valence-corrected chi connectivity index (χ4v) is 0.813. The van der Waals surface area contributed by atoms with Gasteiger partial charge in [-0.25, -0.2) is 4.79 Å². The predicted molar refractivity (Wildman–Crippen MR) is 53.7 cm³/mol. The third-order valence-corrected chi connectivity index (χ3v) is 1.53. The molecule has 0 rings (SSSR count). The molecule has 0 spiro atoms. The van der Waals surface area contributed by atoms with Crippen molar-refractivity contribution in [3.63, 3.8) is 0 Å². The second-order valence-electron chi connectivity index (χ2n) is 3.53. The second-order valence-corrected chi connectivity index (χ2v) is 3.53. The standard InChI is InChI=1S/C10H18N2O2/c1-9(2)8-14-10(13)12-7-5-3-4-6-11/h9H,3-5,7-8H2,1-2H3,(H,12,13). The summed E-state index contributed by atoms with van der Waals surface area (Å²) in [7, 11) is 0. The molecule has 80 valence electrons. The van der Waals surface area contributed by atoms with Gasteiger partial charge >= 0.3 is 6.09 Å². The Labute approximate surface area is 85.2 Å². The van der Waals surface area contributed by atoms with Crippen molar-refractivity contribution in [3.8, 4) is 6.07 Å². The molecule has 4 nitrogen and oxygen atoms in total. The van der Waals surface area contributed by atoms with Crippen molar-refractivity contribution >= 4 is 6.09 Å². The zero-order valence-corrected chi connectivity index (χ0v) is 8.88. The molecule has 0 aliphatic heterocycles. The van der Waals surface area contributed by atoms with E-state index in [4.69, 9.17) is 10.00 Å². The van der Waals surface area contributed by atoms with E-state index in [0.29, 0.717) is 25.5 Å². The van der Waals surface area contributed by atoms with E-state index < -0.39 is 0 Å². The quantitative estimate of drug-likeness (QED) is 0.664. The molecular formula is C10H18N2O2. The van der Waals surface area contributed by atoms with E-state index in [9.17, 15) is 4.79 Å². The van der Waals surface area contributed by atoms with Crippen LogP contribution in [0.3, 0.4) is 0 Å². The molecule has 0 unspecified atom stereocenters. The van der Waals surface area contributed by atoms with Crippen molar-refractivity contribution in [2.75, 3.05) is 13.2 Å². The molecule has 0 radical (unpaired) electrons. The summed E-state index contributed by atoms with van der Waals surface area (Å²) in [5.74, 6) is 0.360. The first-order valence-electron chi connectivity index (χ1n) is 4.94. The van der Waals surface area contributed by atoms with Crippen molar-refractivity contribution in [2.45, 2.75) is 33.1 Å². The molecule has 0 aromatic carbocycles. The average Bonchev–Trinajstić information content (AvgIpc) is 2.14. The largest absolute Gasteiger partial charge is 0.449 e. The van der Waals surface area contributed by atoms with Crippen LogP contribution >= 0.6 is 0 Å². The van der Waals surface area contributed by atoms with Gasteiger partial charge in [-0.3, -0.25) is 0 Å². The van der Waals surface area contributed by atoms with Gasteiger partial charge in [0.25, 0.3) is 0 Å². The molecule has 14 heavy (non-hydrogen) atoms. The molecule has 0 heterocycles. The number of carbonyl (C=O) groups is 1. The normalized spacial score (nSPS) is 9.57. The highest BCUT2D eigenvalue weighted by atomic mass is 16.5. The molecule has 0 atom stereocenters. The van der Waals surface area contributed by atoms with Gasteiger partial charge in [0.2, 0.25) is 0 Å². The topological polar surface area (TPSA) is 62.1 Å². The Kier molecular flexibility index (Phi) is 7.62. The number of nitriles is 1. The predicted octanol–water partition coefficient (Wildman–Crippen LogP) is 2.06. The molecule has 0 fully saturated rings. The Bertz CT molecular complexity index is 197. The zero-order chi connectivity index (χ0) is 10.8. The highest BCUT2D eigenvalue weighted by Crippen LogP contribution is 1.94. The fourth-order valence-electron chi connectivity index (χ4n) is 0.813. The van der Waals surface area contributed by atoms with E-state index >= 15 is 0 Å². The van der Waals surface area contributed by atoms with Crippen LogP contribution in [-0.2, 0) is 4.74 Å². The molecule has 1 N–H and O–H groups in total. The summed E-state index contributed by atoms with van der Waals surface area (Å²) in [6.45, 7) is 5.00. The summed E-state index contributed by atoms with van der Waals surface area (Å²) in [4.78, 5) is 11.0. The van der Waals surface area contributed by atoms with Crippen LogP contribution < -0.4 is 5.32 Å². The van der Waals surface area contributed by atoms with Gasteiger partial charge < -0.3 is 10.1 Å². The van der Waals surface area contributed by atoms with Gasteiger partial charge in [-0.15, -0.1) is 0 Å². The molecule has 0 bridgehead atoms. The summed E-state index contributed by atoms with van der Waals surface area (Å²) in [5, 5.41) is 10.9. The van der Waals surface area contributed by atoms with Crippen molar-refractivity contribution in [1.82, 2.24) is 5.32 Å². The van der Waals surface area contributed by atoms with E-state index in [1.807, 2.05) is 13.8 Å². The van der Waals surface area contributed by atoms with Gasteiger partial charge in [0.05, 0.1) is 12.7 Å². The minimum atomic E-state index is -0.365. The van der Waals surface area contributed by atoms with E-state index in [2.05, 4.69) is 11.4 Å². The summed E-state index contributed by atoms with van der Waals surface area (Å²) in [6, 6.07) is 2.05. The number of amides is 1. The highest BCUT2D eigenvalue weighted by molar-refractivity contribution is 5.66. The van der Waals surface area contributed by atoms with Crippen LogP contribution in [0.5, 0.6) is 0 Å². The van der Waals surface area contributed by atoms with Crippen molar-refractivity contribution < 1.29 is 9.53 Å².